The molecule has 150 valence electrons. The zero-order valence-electron chi connectivity index (χ0n) is 16.7. The third kappa shape index (κ3) is 4.22. The molecule has 2 atom stereocenters. The van der Waals surface area contributed by atoms with Crippen LogP contribution >= 0.6 is 0 Å². The number of likely N-dealkylation sites (tertiary alicyclic amines) is 1. The van der Waals surface area contributed by atoms with Gasteiger partial charge in [-0.2, -0.15) is 0 Å². The first-order chi connectivity index (χ1) is 13.6. The largest absolute Gasteiger partial charge is 0.496 e. The van der Waals surface area contributed by atoms with Gasteiger partial charge in [-0.1, -0.05) is 29.8 Å². The molecule has 4 rings (SSSR count). The number of ether oxygens (including phenoxy) is 1. The van der Waals surface area contributed by atoms with E-state index in [2.05, 4.69) is 46.9 Å². The van der Waals surface area contributed by atoms with E-state index in [-0.39, 0.29) is 5.82 Å². The van der Waals surface area contributed by atoms with Crippen LogP contribution in [0.25, 0.3) is 0 Å². The number of nitrogens with zero attached hydrogens (tertiary/aromatic N) is 1. The number of hydrogen-bond acceptors (Lipinski definition) is 4. The fraction of sp³-hybridized carbons (Fsp3) is 0.478. The summed E-state index contributed by atoms with van der Waals surface area (Å²) < 4.78 is 19.1. The molecule has 2 aromatic carbocycles. The van der Waals surface area contributed by atoms with Crippen LogP contribution in [-0.4, -0.2) is 37.7 Å². The first-order valence-electron chi connectivity index (χ1n) is 10.2. The van der Waals surface area contributed by atoms with E-state index >= 15 is 0 Å². The Bertz CT molecular complexity index is 804. The lowest BCUT2D eigenvalue weighted by molar-refractivity contribution is 0.150. The van der Waals surface area contributed by atoms with Gasteiger partial charge in [0.1, 0.15) is 11.6 Å². The van der Waals surface area contributed by atoms with Crippen LogP contribution in [0.4, 0.5) is 4.39 Å². The van der Waals surface area contributed by atoms with Gasteiger partial charge in [-0.15, -0.1) is 0 Å². The number of rotatable bonds is 5. The highest BCUT2D eigenvalue weighted by molar-refractivity contribution is 5.34. The first kappa shape index (κ1) is 19.4. The molecular formula is C23H30FN3O. The topological polar surface area (TPSA) is 36.5 Å². The average molecular weight is 384 g/mol. The molecule has 2 heterocycles. The van der Waals surface area contributed by atoms with Gasteiger partial charge < -0.3 is 4.74 Å². The van der Waals surface area contributed by atoms with Crippen LogP contribution in [0, 0.1) is 18.7 Å². The van der Waals surface area contributed by atoms with E-state index in [9.17, 15) is 4.39 Å². The molecule has 5 heteroatoms. The standard InChI is InChI=1S/C23H30FN3O/c1-16-4-3-5-18(12-16)21-14-25-26-23(21)17-8-10-27(11-9-17)15-19-13-20(24)6-7-22(19)28-2/h3-7,12-13,17,21,23,25-26H,8-11,14-15H2,1-2H3. The molecule has 0 saturated carbocycles. The molecule has 2 N–H and O–H groups in total. The average Bonchev–Trinajstić information content (AvgIpc) is 3.19. The van der Waals surface area contributed by atoms with Crippen LogP contribution in [0.2, 0.25) is 0 Å². The minimum Gasteiger partial charge on any atom is -0.496 e. The van der Waals surface area contributed by atoms with E-state index in [1.807, 2.05) is 0 Å². The third-order valence-electron chi connectivity index (χ3n) is 6.27. The van der Waals surface area contributed by atoms with Crippen LogP contribution in [-0.2, 0) is 6.54 Å². The van der Waals surface area contributed by atoms with Crippen molar-refractivity contribution in [2.75, 3.05) is 26.7 Å². The highest BCUT2D eigenvalue weighted by atomic mass is 19.1. The summed E-state index contributed by atoms with van der Waals surface area (Å²) in [7, 11) is 1.65. The first-order valence-corrected chi connectivity index (χ1v) is 10.2. The van der Waals surface area contributed by atoms with Crippen molar-refractivity contribution in [3.05, 3.63) is 65.0 Å². The van der Waals surface area contributed by atoms with E-state index in [4.69, 9.17) is 4.74 Å². The Labute approximate surface area is 167 Å². The summed E-state index contributed by atoms with van der Waals surface area (Å²) in [5.41, 5.74) is 10.6. The minimum atomic E-state index is -0.201. The number of methoxy groups -OCH3 is 1. The van der Waals surface area contributed by atoms with Gasteiger partial charge in [-0.25, -0.2) is 4.39 Å². The molecule has 2 aliphatic rings. The second-order valence-electron chi connectivity index (χ2n) is 8.14. The van der Waals surface area contributed by atoms with Crippen molar-refractivity contribution in [2.45, 2.75) is 38.3 Å². The molecule has 0 spiro atoms. The van der Waals surface area contributed by atoms with Gasteiger partial charge in [0.05, 0.1) is 7.11 Å². The zero-order valence-corrected chi connectivity index (χ0v) is 16.7. The predicted octanol–water partition coefficient (Wildman–Crippen LogP) is 3.61. The maximum absolute atomic E-state index is 13.6. The smallest absolute Gasteiger partial charge is 0.123 e. The number of halogens is 1. The van der Waals surface area contributed by atoms with Crippen LogP contribution in [0.15, 0.2) is 42.5 Å². The fourth-order valence-corrected chi connectivity index (χ4v) is 4.77. The molecule has 0 aliphatic carbocycles. The number of aryl methyl sites for hydroxylation is 1. The third-order valence-corrected chi connectivity index (χ3v) is 6.27. The highest BCUT2D eigenvalue weighted by Crippen LogP contribution is 2.33. The van der Waals surface area contributed by atoms with E-state index < -0.39 is 0 Å². The molecule has 2 aromatic rings. The van der Waals surface area contributed by atoms with E-state index in [0.717, 1.165) is 50.3 Å². The summed E-state index contributed by atoms with van der Waals surface area (Å²) in [5.74, 6) is 1.73. The van der Waals surface area contributed by atoms with Crippen molar-refractivity contribution in [3.63, 3.8) is 0 Å². The predicted molar refractivity (Wildman–Crippen MR) is 110 cm³/mol. The number of hydrazine groups is 1. The molecule has 2 aliphatic heterocycles. The molecular weight excluding hydrogens is 353 g/mol. The SMILES string of the molecule is COc1ccc(F)cc1CN1CCC(C2NNCC2c2cccc(C)c2)CC1. The van der Waals surface area contributed by atoms with Crippen LogP contribution < -0.4 is 15.6 Å². The number of nitrogens with one attached hydrogen (secondary N) is 2. The van der Waals surface area contributed by atoms with Gasteiger partial charge >= 0.3 is 0 Å². The van der Waals surface area contributed by atoms with Crippen molar-refractivity contribution in [1.82, 2.24) is 15.8 Å². The molecule has 2 fully saturated rings. The maximum Gasteiger partial charge on any atom is 0.123 e. The van der Waals surface area contributed by atoms with Gasteiger partial charge in [0.2, 0.25) is 0 Å². The molecule has 28 heavy (non-hydrogen) atoms. The molecule has 4 nitrogen and oxygen atoms in total. The second-order valence-corrected chi connectivity index (χ2v) is 8.14. The van der Waals surface area contributed by atoms with E-state index in [0.29, 0.717) is 17.9 Å². The summed E-state index contributed by atoms with van der Waals surface area (Å²) >= 11 is 0. The van der Waals surface area contributed by atoms with Gasteiger partial charge in [-0.05, 0) is 62.5 Å². The van der Waals surface area contributed by atoms with Gasteiger partial charge in [-0.3, -0.25) is 15.8 Å². The molecule has 0 aromatic heterocycles. The number of hydrogen-bond donors (Lipinski definition) is 2. The molecule has 0 amide bonds. The van der Waals surface area contributed by atoms with Gasteiger partial charge in [0.15, 0.2) is 0 Å². The lowest BCUT2D eigenvalue weighted by Gasteiger charge is -2.36. The summed E-state index contributed by atoms with van der Waals surface area (Å²) in [4.78, 5) is 2.41. The Balaban J connectivity index is 1.38. The van der Waals surface area contributed by atoms with Crippen molar-refractivity contribution >= 4 is 0 Å². The Hall–Kier alpha value is -1.95. The minimum absolute atomic E-state index is 0.201. The Morgan fingerprint density at radius 3 is 2.71 bits per heavy atom. The van der Waals surface area contributed by atoms with Crippen LogP contribution in [0.1, 0.15) is 35.4 Å². The molecule has 0 radical (unpaired) electrons. The second kappa shape index (κ2) is 8.60. The summed E-state index contributed by atoms with van der Waals surface area (Å²) in [6.07, 6.45) is 2.30. The quantitative estimate of drug-likeness (QED) is 0.827. The Kier molecular flexibility index (Phi) is 5.95. The normalized spacial score (nSPS) is 23.8. The molecule has 0 bridgehead atoms. The Morgan fingerprint density at radius 2 is 1.96 bits per heavy atom. The number of piperidine rings is 1. The van der Waals surface area contributed by atoms with E-state index in [1.165, 1.54) is 17.2 Å². The van der Waals surface area contributed by atoms with Gasteiger partial charge in [0, 0.05) is 30.6 Å². The van der Waals surface area contributed by atoms with Crippen LogP contribution in [0.5, 0.6) is 5.75 Å². The molecule has 2 unspecified atom stereocenters. The van der Waals surface area contributed by atoms with Crippen molar-refractivity contribution in [3.8, 4) is 5.75 Å². The summed E-state index contributed by atoms with van der Waals surface area (Å²) in [6, 6.07) is 14.1. The lowest BCUT2D eigenvalue weighted by Crippen LogP contribution is -2.44. The monoisotopic (exact) mass is 383 g/mol. The number of benzene rings is 2. The zero-order chi connectivity index (χ0) is 19.5. The Morgan fingerprint density at radius 1 is 1.14 bits per heavy atom. The molecule has 2 saturated heterocycles. The maximum atomic E-state index is 13.6. The summed E-state index contributed by atoms with van der Waals surface area (Å²) in [5, 5.41) is 0. The van der Waals surface area contributed by atoms with Gasteiger partial charge in [0.25, 0.3) is 0 Å². The van der Waals surface area contributed by atoms with Crippen molar-refractivity contribution < 1.29 is 9.13 Å². The highest BCUT2D eigenvalue weighted by Gasteiger charge is 2.36. The van der Waals surface area contributed by atoms with Crippen molar-refractivity contribution in [1.29, 1.82) is 0 Å². The van der Waals surface area contributed by atoms with E-state index in [1.54, 1.807) is 19.2 Å². The van der Waals surface area contributed by atoms with Crippen LogP contribution in [0.3, 0.4) is 0 Å². The van der Waals surface area contributed by atoms with Crippen molar-refractivity contribution in [2.24, 2.45) is 5.92 Å². The summed E-state index contributed by atoms with van der Waals surface area (Å²) in [6.45, 7) is 5.94. The lowest BCUT2D eigenvalue weighted by atomic mass is 9.80. The fourth-order valence-electron chi connectivity index (χ4n) is 4.77.